The highest BCUT2D eigenvalue weighted by Gasteiger charge is 2.28. The molecule has 1 unspecified atom stereocenters. The molecule has 9 heteroatoms. The Morgan fingerprint density at radius 3 is 2.78 bits per heavy atom. The second-order valence-electron chi connectivity index (χ2n) is 7.04. The van der Waals surface area contributed by atoms with Crippen LogP contribution in [0.4, 0.5) is 9.93 Å². The van der Waals surface area contributed by atoms with Gasteiger partial charge in [0.1, 0.15) is 0 Å². The summed E-state index contributed by atoms with van der Waals surface area (Å²) in [5.41, 5.74) is 0. The van der Waals surface area contributed by atoms with Crippen LogP contribution < -0.4 is 5.32 Å². The molecule has 0 saturated heterocycles. The van der Waals surface area contributed by atoms with E-state index in [4.69, 9.17) is 9.84 Å². The maximum absolute atomic E-state index is 12.9. The number of thioether (sulfide) groups is 1. The highest BCUT2D eigenvalue weighted by molar-refractivity contribution is 8.01. The van der Waals surface area contributed by atoms with Crippen LogP contribution >= 0.6 is 23.1 Å². The number of aliphatic carboxylic acids is 1. The van der Waals surface area contributed by atoms with Crippen LogP contribution in [-0.2, 0) is 9.53 Å². The highest BCUT2D eigenvalue weighted by Crippen LogP contribution is 2.30. The third-order valence-corrected chi connectivity index (χ3v) is 6.99. The van der Waals surface area contributed by atoms with E-state index >= 15 is 0 Å². The first-order valence-corrected chi connectivity index (χ1v) is 11.1. The first kappa shape index (κ1) is 22.0. The third-order valence-electron chi connectivity index (χ3n) is 4.90. The number of thiazole rings is 1. The quantitative estimate of drug-likeness (QED) is 0.589. The first-order valence-electron chi connectivity index (χ1n) is 9.29. The van der Waals surface area contributed by atoms with Crippen LogP contribution in [0.2, 0.25) is 0 Å². The van der Waals surface area contributed by atoms with E-state index in [9.17, 15) is 9.59 Å². The molecule has 1 heterocycles. The molecule has 1 aliphatic carbocycles. The van der Waals surface area contributed by atoms with Crippen molar-refractivity contribution in [2.75, 3.05) is 24.7 Å². The van der Waals surface area contributed by atoms with E-state index < -0.39 is 5.97 Å². The fourth-order valence-electron chi connectivity index (χ4n) is 3.12. The van der Waals surface area contributed by atoms with E-state index in [1.54, 1.807) is 13.3 Å². The molecule has 1 aromatic rings. The Balaban J connectivity index is 1.98. The Morgan fingerprint density at radius 1 is 1.44 bits per heavy atom. The van der Waals surface area contributed by atoms with Gasteiger partial charge in [-0.05, 0) is 44.9 Å². The molecule has 152 valence electrons. The number of carbonyl (C=O) groups excluding carboxylic acids is 1. The van der Waals surface area contributed by atoms with Crippen LogP contribution in [0.5, 0.6) is 0 Å². The van der Waals surface area contributed by atoms with Gasteiger partial charge in [-0.1, -0.05) is 18.3 Å². The Bertz CT molecular complexity index is 618. The summed E-state index contributed by atoms with van der Waals surface area (Å²) in [6, 6.07) is 0.105. The summed E-state index contributed by atoms with van der Waals surface area (Å²) in [6.45, 7) is 4.91. The normalized spacial score (nSPS) is 20.9. The predicted molar refractivity (Wildman–Crippen MR) is 109 cm³/mol. The molecule has 0 bridgehead atoms. The number of carboxylic acid groups (broad SMARTS) is 1. The number of urea groups is 1. The standard InChI is InChI=1S/C18H29N3O4S2/c1-12-4-6-14(7-5-12)21(9-8-13(2)25-3)18(24)20-17-19-10-16(27-17)26-11-15(22)23/h10,12-14H,4-9,11H2,1-3H3,(H,22,23)(H,19,20,24)/t12-,13?,14-. The molecule has 27 heavy (non-hydrogen) atoms. The largest absolute Gasteiger partial charge is 0.481 e. The van der Waals surface area contributed by atoms with E-state index in [0.29, 0.717) is 11.7 Å². The maximum atomic E-state index is 12.9. The van der Waals surface area contributed by atoms with Crippen LogP contribution in [0, 0.1) is 5.92 Å². The van der Waals surface area contributed by atoms with Crippen molar-refractivity contribution in [3.63, 3.8) is 0 Å². The van der Waals surface area contributed by atoms with E-state index in [-0.39, 0.29) is 23.9 Å². The predicted octanol–water partition coefficient (Wildman–Crippen LogP) is 4.16. The lowest BCUT2D eigenvalue weighted by Gasteiger charge is -2.36. The Labute approximate surface area is 168 Å². The second-order valence-corrected chi connectivity index (χ2v) is 9.35. The number of nitrogens with zero attached hydrogens (tertiary/aromatic N) is 2. The van der Waals surface area contributed by atoms with Crippen molar-refractivity contribution in [3.05, 3.63) is 6.20 Å². The number of nitrogens with one attached hydrogen (secondary N) is 1. The lowest BCUT2D eigenvalue weighted by molar-refractivity contribution is -0.133. The number of carboxylic acids is 1. The highest BCUT2D eigenvalue weighted by atomic mass is 32.2. The van der Waals surface area contributed by atoms with Crippen LogP contribution in [-0.4, -0.2) is 58.5 Å². The number of hydrogen-bond donors (Lipinski definition) is 2. The molecule has 1 saturated carbocycles. The van der Waals surface area contributed by atoms with E-state index in [1.807, 2.05) is 11.8 Å². The number of carbonyl (C=O) groups is 2. The number of aromatic nitrogens is 1. The van der Waals surface area contributed by atoms with Crippen LogP contribution in [0.15, 0.2) is 10.4 Å². The van der Waals surface area contributed by atoms with E-state index in [2.05, 4.69) is 17.2 Å². The zero-order valence-electron chi connectivity index (χ0n) is 16.1. The molecule has 2 rings (SSSR count). The number of hydrogen-bond acceptors (Lipinski definition) is 6. The maximum Gasteiger partial charge on any atom is 0.323 e. The minimum absolute atomic E-state index is 0.0170. The fourth-order valence-corrected chi connectivity index (χ4v) is 4.70. The average molecular weight is 416 g/mol. The van der Waals surface area contributed by atoms with Gasteiger partial charge in [0.15, 0.2) is 5.13 Å². The number of rotatable bonds is 9. The Kier molecular flexibility index (Phi) is 8.85. The first-order chi connectivity index (χ1) is 12.9. The molecule has 2 N–H and O–H groups in total. The van der Waals surface area contributed by atoms with Crippen LogP contribution in [0.25, 0.3) is 0 Å². The number of anilines is 1. The van der Waals surface area contributed by atoms with Crippen molar-refractivity contribution in [1.82, 2.24) is 9.88 Å². The molecule has 1 aromatic heterocycles. The van der Waals surface area contributed by atoms with Gasteiger partial charge >= 0.3 is 12.0 Å². The number of amides is 2. The molecule has 0 radical (unpaired) electrons. The van der Waals surface area contributed by atoms with Gasteiger partial charge in [0.05, 0.1) is 22.3 Å². The topological polar surface area (TPSA) is 91.8 Å². The zero-order valence-corrected chi connectivity index (χ0v) is 17.8. The van der Waals surface area contributed by atoms with Gasteiger partial charge in [-0.2, -0.15) is 0 Å². The van der Waals surface area contributed by atoms with Crippen molar-refractivity contribution < 1.29 is 19.4 Å². The zero-order chi connectivity index (χ0) is 19.8. The minimum Gasteiger partial charge on any atom is -0.481 e. The summed E-state index contributed by atoms with van der Waals surface area (Å²) in [6.07, 6.45) is 6.81. The molecule has 0 aromatic carbocycles. The molecule has 7 nitrogen and oxygen atoms in total. The van der Waals surface area contributed by atoms with Crippen molar-refractivity contribution in [2.24, 2.45) is 5.92 Å². The smallest absolute Gasteiger partial charge is 0.323 e. The molecule has 0 aliphatic heterocycles. The summed E-state index contributed by atoms with van der Waals surface area (Å²) in [4.78, 5) is 29.7. The van der Waals surface area contributed by atoms with Crippen molar-refractivity contribution in [2.45, 2.75) is 62.3 Å². The Hall–Kier alpha value is -1.32. The molecular formula is C18H29N3O4S2. The Morgan fingerprint density at radius 2 is 2.15 bits per heavy atom. The summed E-state index contributed by atoms with van der Waals surface area (Å²) >= 11 is 2.51. The van der Waals surface area contributed by atoms with Crippen molar-refractivity contribution in [3.8, 4) is 0 Å². The van der Waals surface area contributed by atoms with Crippen LogP contribution in [0.1, 0.15) is 46.0 Å². The van der Waals surface area contributed by atoms with E-state index in [1.165, 1.54) is 23.1 Å². The molecule has 1 atom stereocenters. The summed E-state index contributed by atoms with van der Waals surface area (Å²) in [5, 5.41) is 12.2. The van der Waals surface area contributed by atoms with Gasteiger partial charge < -0.3 is 14.7 Å². The summed E-state index contributed by atoms with van der Waals surface area (Å²) in [7, 11) is 1.68. The van der Waals surface area contributed by atoms with Crippen molar-refractivity contribution in [1.29, 1.82) is 0 Å². The number of methoxy groups -OCH3 is 1. The number of ether oxygens (including phenoxy) is 1. The average Bonchev–Trinajstić information content (AvgIpc) is 3.08. The lowest BCUT2D eigenvalue weighted by atomic mass is 9.86. The van der Waals surface area contributed by atoms with Gasteiger partial charge in [0.25, 0.3) is 0 Å². The fraction of sp³-hybridized carbons (Fsp3) is 0.722. The van der Waals surface area contributed by atoms with Gasteiger partial charge in [0.2, 0.25) is 0 Å². The van der Waals surface area contributed by atoms with Gasteiger partial charge in [0, 0.05) is 19.7 Å². The molecule has 1 aliphatic rings. The van der Waals surface area contributed by atoms with E-state index in [0.717, 1.165) is 42.2 Å². The van der Waals surface area contributed by atoms with Gasteiger partial charge in [-0.25, -0.2) is 9.78 Å². The molecule has 1 fully saturated rings. The van der Waals surface area contributed by atoms with Gasteiger partial charge in [-0.15, -0.1) is 11.8 Å². The van der Waals surface area contributed by atoms with Gasteiger partial charge in [-0.3, -0.25) is 10.1 Å². The molecular weight excluding hydrogens is 386 g/mol. The lowest BCUT2D eigenvalue weighted by Crippen LogP contribution is -2.45. The summed E-state index contributed by atoms with van der Waals surface area (Å²) in [5.74, 6) is -0.169. The minimum atomic E-state index is -0.871. The second kappa shape index (κ2) is 10.9. The summed E-state index contributed by atoms with van der Waals surface area (Å²) < 4.78 is 6.11. The monoisotopic (exact) mass is 415 g/mol. The van der Waals surface area contributed by atoms with Crippen molar-refractivity contribution >= 4 is 40.2 Å². The molecule has 0 spiro atoms. The molecule has 2 amide bonds. The SMILES string of the molecule is COC(C)CCN(C(=O)Nc1ncc(SCC(=O)O)s1)[C@H]1CC[C@H](C)CC1. The third kappa shape index (κ3) is 7.31. The van der Waals surface area contributed by atoms with Crippen LogP contribution in [0.3, 0.4) is 0 Å².